The van der Waals surface area contributed by atoms with Crippen LogP contribution in [0.5, 0.6) is 0 Å². The van der Waals surface area contributed by atoms with Gasteiger partial charge in [-0.05, 0) is 37.7 Å². The number of carbonyl (C=O) groups is 2. The predicted molar refractivity (Wildman–Crippen MR) is 83.2 cm³/mol. The van der Waals surface area contributed by atoms with Gasteiger partial charge in [0.1, 0.15) is 10.8 Å². The number of anilines is 1. The molecular weight excluding hydrogens is 302 g/mol. The molecule has 0 unspecified atom stereocenters. The maximum Gasteiger partial charge on any atom is 0.278 e. The number of amides is 2. The molecule has 3 rings (SSSR count). The van der Waals surface area contributed by atoms with Crippen LogP contribution in [0.4, 0.5) is 5.00 Å². The Morgan fingerprint density at radius 2 is 2.27 bits per heavy atom. The lowest BCUT2D eigenvalue weighted by Gasteiger charge is -2.18. The van der Waals surface area contributed by atoms with Gasteiger partial charge in [-0.25, -0.2) is 0 Å². The molecule has 7 heteroatoms. The molecule has 0 aliphatic heterocycles. The van der Waals surface area contributed by atoms with Crippen LogP contribution in [0.15, 0.2) is 10.6 Å². The van der Waals surface area contributed by atoms with Crippen molar-refractivity contribution in [3.63, 3.8) is 0 Å². The van der Waals surface area contributed by atoms with Gasteiger partial charge in [-0.1, -0.05) is 12.1 Å². The molecule has 0 aromatic carbocycles. The highest BCUT2D eigenvalue weighted by Gasteiger charge is 2.27. The van der Waals surface area contributed by atoms with Crippen LogP contribution in [0.2, 0.25) is 0 Å². The molecule has 3 N–H and O–H groups in total. The summed E-state index contributed by atoms with van der Waals surface area (Å²) >= 11 is 1.43. The summed E-state index contributed by atoms with van der Waals surface area (Å²) < 4.78 is 4.90. The number of hydrogen-bond donors (Lipinski definition) is 2. The van der Waals surface area contributed by atoms with Gasteiger partial charge >= 0.3 is 0 Å². The number of thiophene rings is 1. The molecule has 2 heterocycles. The van der Waals surface area contributed by atoms with Gasteiger partial charge in [-0.2, -0.15) is 0 Å². The van der Waals surface area contributed by atoms with Crippen molar-refractivity contribution < 1.29 is 14.1 Å². The van der Waals surface area contributed by atoms with E-state index in [-0.39, 0.29) is 5.69 Å². The molecule has 0 saturated heterocycles. The number of rotatable bonds is 3. The van der Waals surface area contributed by atoms with E-state index in [2.05, 4.69) is 17.4 Å². The summed E-state index contributed by atoms with van der Waals surface area (Å²) in [6, 6.07) is 1.55. The van der Waals surface area contributed by atoms with E-state index in [0.29, 0.717) is 22.2 Å². The molecule has 2 aromatic rings. The van der Waals surface area contributed by atoms with Crippen molar-refractivity contribution in [2.24, 2.45) is 11.7 Å². The van der Waals surface area contributed by atoms with E-state index in [9.17, 15) is 9.59 Å². The molecule has 6 nitrogen and oxygen atoms in total. The Morgan fingerprint density at radius 1 is 1.50 bits per heavy atom. The zero-order chi connectivity index (χ0) is 15.9. The van der Waals surface area contributed by atoms with E-state index in [0.717, 1.165) is 29.7 Å². The van der Waals surface area contributed by atoms with E-state index in [1.54, 1.807) is 13.0 Å². The number of hydrogen-bond acceptors (Lipinski definition) is 5. The van der Waals surface area contributed by atoms with Crippen LogP contribution in [0, 0.1) is 12.8 Å². The first kappa shape index (κ1) is 14.8. The zero-order valence-corrected chi connectivity index (χ0v) is 13.3. The van der Waals surface area contributed by atoms with Gasteiger partial charge in [-0.3, -0.25) is 9.59 Å². The molecule has 2 aromatic heterocycles. The third-order valence-corrected chi connectivity index (χ3v) is 5.02. The summed E-state index contributed by atoms with van der Waals surface area (Å²) in [5.41, 5.74) is 7.14. The van der Waals surface area contributed by atoms with Crippen LogP contribution in [0.1, 0.15) is 50.4 Å². The monoisotopic (exact) mass is 319 g/mol. The molecule has 22 heavy (non-hydrogen) atoms. The smallest absolute Gasteiger partial charge is 0.278 e. The molecule has 0 saturated carbocycles. The Bertz CT molecular complexity index is 747. The number of carbonyl (C=O) groups excluding carboxylic acids is 2. The number of aryl methyl sites for hydroxylation is 1. The van der Waals surface area contributed by atoms with Crippen molar-refractivity contribution in [2.45, 2.75) is 33.1 Å². The van der Waals surface area contributed by atoms with Gasteiger partial charge in [0.15, 0.2) is 5.69 Å². The van der Waals surface area contributed by atoms with Crippen LogP contribution in [0.25, 0.3) is 0 Å². The summed E-state index contributed by atoms with van der Waals surface area (Å²) in [4.78, 5) is 25.1. The fraction of sp³-hybridized carbons (Fsp3) is 0.400. The second kappa shape index (κ2) is 5.57. The highest BCUT2D eigenvalue weighted by atomic mass is 32.1. The fourth-order valence-corrected chi connectivity index (χ4v) is 4.15. The van der Waals surface area contributed by atoms with Crippen molar-refractivity contribution in [1.82, 2.24) is 5.16 Å². The standard InChI is InChI=1S/C15H17N3O3S/c1-7-3-4-9-11(5-7)22-15(12(9)13(16)19)17-14(20)10-6-8(2)21-18-10/h6-7H,3-5H2,1-2H3,(H2,16,19)(H,17,20)/t7-/m1/s1. The van der Waals surface area contributed by atoms with Gasteiger partial charge in [0.25, 0.3) is 11.8 Å². The molecule has 0 fully saturated rings. The van der Waals surface area contributed by atoms with E-state index in [4.69, 9.17) is 10.3 Å². The first-order valence-corrected chi connectivity index (χ1v) is 7.96. The number of aromatic nitrogens is 1. The summed E-state index contributed by atoms with van der Waals surface area (Å²) in [6.07, 6.45) is 2.77. The van der Waals surface area contributed by atoms with Crippen molar-refractivity contribution in [2.75, 3.05) is 5.32 Å². The lowest BCUT2D eigenvalue weighted by Crippen LogP contribution is -2.19. The molecule has 0 spiro atoms. The Hall–Kier alpha value is -2.15. The molecule has 0 bridgehead atoms. The lowest BCUT2D eigenvalue weighted by molar-refractivity contribution is 0.1000. The normalized spacial score (nSPS) is 17.1. The highest BCUT2D eigenvalue weighted by Crippen LogP contribution is 2.39. The Labute approximate surface area is 131 Å². The fourth-order valence-electron chi connectivity index (χ4n) is 2.74. The summed E-state index contributed by atoms with van der Waals surface area (Å²) in [5, 5.41) is 6.94. The lowest BCUT2D eigenvalue weighted by atomic mass is 9.88. The molecule has 1 aliphatic rings. The predicted octanol–water partition coefficient (Wildman–Crippen LogP) is 2.52. The minimum atomic E-state index is -0.501. The molecule has 0 radical (unpaired) electrons. The Morgan fingerprint density at radius 3 is 2.91 bits per heavy atom. The summed E-state index contributed by atoms with van der Waals surface area (Å²) in [5.74, 6) is 0.234. The quantitative estimate of drug-likeness (QED) is 0.908. The van der Waals surface area contributed by atoms with Crippen LogP contribution in [0.3, 0.4) is 0 Å². The number of primary amides is 1. The van der Waals surface area contributed by atoms with Crippen molar-refractivity contribution in [3.05, 3.63) is 33.5 Å². The van der Waals surface area contributed by atoms with Crippen LogP contribution in [-0.4, -0.2) is 17.0 Å². The van der Waals surface area contributed by atoms with Crippen molar-refractivity contribution in [1.29, 1.82) is 0 Å². The van der Waals surface area contributed by atoms with Crippen molar-refractivity contribution >= 4 is 28.2 Å². The van der Waals surface area contributed by atoms with E-state index >= 15 is 0 Å². The second-order valence-electron chi connectivity index (χ2n) is 5.70. The van der Waals surface area contributed by atoms with Gasteiger partial charge < -0.3 is 15.6 Å². The number of fused-ring (bicyclic) bond motifs is 1. The van der Waals surface area contributed by atoms with E-state index in [1.807, 2.05) is 0 Å². The average molecular weight is 319 g/mol. The van der Waals surface area contributed by atoms with Gasteiger partial charge in [-0.15, -0.1) is 11.3 Å². The Kier molecular flexibility index (Phi) is 3.74. The van der Waals surface area contributed by atoms with Crippen LogP contribution < -0.4 is 11.1 Å². The topological polar surface area (TPSA) is 98.2 Å². The number of nitrogens with two attached hydrogens (primary N) is 1. The molecule has 1 aliphatic carbocycles. The minimum absolute atomic E-state index is 0.188. The Balaban J connectivity index is 1.93. The maximum absolute atomic E-state index is 12.2. The van der Waals surface area contributed by atoms with Crippen LogP contribution >= 0.6 is 11.3 Å². The molecule has 116 valence electrons. The number of nitrogens with zero attached hydrogens (tertiary/aromatic N) is 1. The first-order valence-electron chi connectivity index (χ1n) is 7.14. The third-order valence-electron chi connectivity index (χ3n) is 3.85. The van der Waals surface area contributed by atoms with Gasteiger partial charge in [0.2, 0.25) is 0 Å². The van der Waals surface area contributed by atoms with E-state index in [1.165, 1.54) is 11.3 Å². The van der Waals surface area contributed by atoms with Crippen molar-refractivity contribution in [3.8, 4) is 0 Å². The van der Waals surface area contributed by atoms with Gasteiger partial charge in [0, 0.05) is 10.9 Å². The summed E-state index contributed by atoms with van der Waals surface area (Å²) in [6.45, 7) is 3.90. The second-order valence-corrected chi connectivity index (χ2v) is 6.80. The van der Waals surface area contributed by atoms with E-state index < -0.39 is 11.8 Å². The molecular formula is C15H17N3O3S. The maximum atomic E-state index is 12.2. The summed E-state index contributed by atoms with van der Waals surface area (Å²) in [7, 11) is 0. The largest absolute Gasteiger partial charge is 0.365 e. The average Bonchev–Trinajstić information content (AvgIpc) is 3.01. The highest BCUT2D eigenvalue weighted by molar-refractivity contribution is 7.17. The molecule has 1 atom stereocenters. The molecule has 2 amide bonds. The van der Waals surface area contributed by atoms with Gasteiger partial charge in [0.05, 0.1) is 5.56 Å². The number of nitrogens with one attached hydrogen (secondary N) is 1. The van der Waals surface area contributed by atoms with Crippen LogP contribution in [-0.2, 0) is 12.8 Å². The zero-order valence-electron chi connectivity index (χ0n) is 12.4. The SMILES string of the molecule is Cc1cc(C(=O)Nc2sc3c(c2C(N)=O)CC[C@@H](C)C3)no1. The third kappa shape index (κ3) is 2.64. The first-order chi connectivity index (χ1) is 10.5. The minimum Gasteiger partial charge on any atom is -0.365 e.